The lowest BCUT2D eigenvalue weighted by molar-refractivity contribution is -0.126. The van der Waals surface area contributed by atoms with Gasteiger partial charge in [0.25, 0.3) is 0 Å². The summed E-state index contributed by atoms with van der Waals surface area (Å²) in [5, 5.41) is 3.68. The number of nitrogens with zero attached hydrogens (tertiary/aromatic N) is 1. The van der Waals surface area contributed by atoms with Crippen molar-refractivity contribution < 1.29 is 13.2 Å². The molecule has 1 aliphatic rings. The number of nitrogens with one attached hydrogen (secondary N) is 1. The Labute approximate surface area is 187 Å². The number of hydrogen-bond acceptors (Lipinski definition) is 3. The number of amides is 1. The van der Waals surface area contributed by atoms with Crippen LogP contribution in [0.5, 0.6) is 0 Å². The van der Waals surface area contributed by atoms with Crippen LogP contribution in [0.15, 0.2) is 53.9 Å². The maximum absolute atomic E-state index is 13.4. The van der Waals surface area contributed by atoms with E-state index in [1.165, 1.54) is 4.31 Å². The monoisotopic (exact) mass is 466 g/mol. The van der Waals surface area contributed by atoms with Crippen LogP contribution in [0.25, 0.3) is 5.57 Å². The van der Waals surface area contributed by atoms with Crippen LogP contribution in [0.1, 0.15) is 31.4 Å². The van der Waals surface area contributed by atoms with Gasteiger partial charge in [-0.15, -0.1) is 0 Å². The minimum atomic E-state index is -3.86. The van der Waals surface area contributed by atoms with E-state index < -0.39 is 16.1 Å². The third-order valence-corrected chi connectivity index (χ3v) is 7.83. The number of sulfonamides is 1. The van der Waals surface area contributed by atoms with Gasteiger partial charge in [0.1, 0.15) is 6.04 Å². The molecule has 0 saturated heterocycles. The lowest BCUT2D eigenvalue weighted by Gasteiger charge is -2.31. The summed E-state index contributed by atoms with van der Waals surface area (Å²) in [6.07, 6.45) is 0.458. The Hall–Kier alpha value is -1.86. The van der Waals surface area contributed by atoms with Crippen LogP contribution < -0.4 is 5.32 Å². The molecule has 0 radical (unpaired) electrons. The van der Waals surface area contributed by atoms with Gasteiger partial charge < -0.3 is 5.32 Å². The van der Waals surface area contributed by atoms with E-state index in [0.29, 0.717) is 22.0 Å². The largest absolute Gasteiger partial charge is 0.351 e. The lowest BCUT2D eigenvalue weighted by Crippen LogP contribution is -2.52. The van der Waals surface area contributed by atoms with Crippen LogP contribution >= 0.6 is 23.2 Å². The molecule has 1 amide bonds. The highest BCUT2D eigenvalue weighted by Gasteiger charge is 2.40. The van der Waals surface area contributed by atoms with Crippen molar-refractivity contribution >= 4 is 44.7 Å². The SMILES string of the molecule is C=C1CCN([C@@H](C(=O)NCc2ccc(Cl)c(Cl)c2)C(C)C)S(=O)(=O)c2ccccc21. The molecule has 0 unspecified atom stereocenters. The van der Waals surface area contributed by atoms with E-state index >= 15 is 0 Å². The van der Waals surface area contributed by atoms with Crippen molar-refractivity contribution in [3.8, 4) is 0 Å². The zero-order valence-corrected chi connectivity index (χ0v) is 19.2. The van der Waals surface area contributed by atoms with Crippen molar-refractivity contribution in [2.45, 2.75) is 37.8 Å². The molecule has 0 aromatic heterocycles. The van der Waals surface area contributed by atoms with Crippen molar-refractivity contribution in [2.24, 2.45) is 5.92 Å². The molecule has 5 nitrogen and oxygen atoms in total. The van der Waals surface area contributed by atoms with Crippen molar-refractivity contribution in [3.63, 3.8) is 0 Å². The quantitative estimate of drug-likeness (QED) is 0.691. The highest BCUT2D eigenvalue weighted by Crippen LogP contribution is 2.33. The van der Waals surface area contributed by atoms with Crippen LogP contribution in [-0.2, 0) is 21.4 Å². The molecule has 2 aromatic rings. The highest BCUT2D eigenvalue weighted by atomic mass is 35.5. The molecule has 0 aliphatic carbocycles. The second-order valence-corrected chi connectivity index (χ2v) is 10.3. The van der Waals surface area contributed by atoms with Crippen molar-refractivity contribution in [3.05, 3.63) is 70.2 Å². The normalized spacial score (nSPS) is 17.3. The predicted octanol–water partition coefficient (Wildman–Crippen LogP) is 4.74. The summed E-state index contributed by atoms with van der Waals surface area (Å²) < 4.78 is 28.2. The summed E-state index contributed by atoms with van der Waals surface area (Å²) in [5.41, 5.74) is 2.13. The number of fused-ring (bicyclic) bond motifs is 1. The minimum absolute atomic E-state index is 0.190. The highest BCUT2D eigenvalue weighted by molar-refractivity contribution is 7.89. The first-order valence-electron chi connectivity index (χ1n) is 9.63. The molecule has 30 heavy (non-hydrogen) atoms. The molecule has 3 rings (SSSR count). The van der Waals surface area contributed by atoms with Crippen LogP contribution in [0.3, 0.4) is 0 Å². The fourth-order valence-electron chi connectivity index (χ4n) is 3.61. The third kappa shape index (κ3) is 4.57. The van der Waals surface area contributed by atoms with Crippen LogP contribution in [0, 0.1) is 5.92 Å². The summed E-state index contributed by atoms with van der Waals surface area (Å²) in [7, 11) is -3.86. The third-order valence-electron chi connectivity index (χ3n) is 5.15. The van der Waals surface area contributed by atoms with Gasteiger partial charge in [-0.05, 0) is 47.2 Å². The maximum Gasteiger partial charge on any atom is 0.244 e. The summed E-state index contributed by atoms with van der Waals surface area (Å²) in [6.45, 7) is 8.13. The lowest BCUT2D eigenvalue weighted by atomic mass is 10.0. The van der Waals surface area contributed by atoms with E-state index in [1.807, 2.05) is 13.8 Å². The van der Waals surface area contributed by atoms with Gasteiger partial charge >= 0.3 is 0 Å². The number of rotatable bonds is 5. The van der Waals surface area contributed by atoms with E-state index in [9.17, 15) is 13.2 Å². The van der Waals surface area contributed by atoms with E-state index in [1.54, 1.807) is 42.5 Å². The molecule has 1 heterocycles. The topological polar surface area (TPSA) is 66.5 Å². The minimum Gasteiger partial charge on any atom is -0.351 e. The Balaban J connectivity index is 1.89. The summed E-state index contributed by atoms with van der Waals surface area (Å²) in [6, 6.07) is 11.1. The molecule has 0 bridgehead atoms. The predicted molar refractivity (Wildman–Crippen MR) is 121 cm³/mol. The van der Waals surface area contributed by atoms with E-state index in [2.05, 4.69) is 11.9 Å². The summed E-state index contributed by atoms with van der Waals surface area (Å²) >= 11 is 12.0. The molecule has 1 N–H and O–H groups in total. The Morgan fingerprint density at radius 1 is 1.17 bits per heavy atom. The molecular formula is C22H24Cl2N2O3S. The second-order valence-electron chi connectivity index (χ2n) is 7.62. The molecule has 160 valence electrons. The molecule has 0 spiro atoms. The molecule has 0 saturated carbocycles. The number of carbonyl (C=O) groups excluding carboxylic acids is 1. The van der Waals surface area contributed by atoms with Gasteiger partial charge in [-0.3, -0.25) is 4.79 Å². The molecule has 1 aliphatic heterocycles. The number of hydrogen-bond donors (Lipinski definition) is 1. The smallest absolute Gasteiger partial charge is 0.244 e. The van der Waals surface area contributed by atoms with Gasteiger partial charge in [0.05, 0.1) is 14.9 Å². The van der Waals surface area contributed by atoms with E-state index in [0.717, 1.165) is 11.1 Å². The number of halogens is 2. The first-order valence-corrected chi connectivity index (χ1v) is 11.8. The number of benzene rings is 2. The fourth-order valence-corrected chi connectivity index (χ4v) is 5.89. The van der Waals surface area contributed by atoms with Gasteiger partial charge in [-0.25, -0.2) is 8.42 Å². The standard InChI is InChI=1S/C22H24Cl2N2O3S/c1-14(2)21(22(27)25-13-16-8-9-18(23)19(24)12-16)26-11-10-15(3)17-6-4-5-7-20(17)30(26,28)29/h4-9,12,14,21H,3,10-11,13H2,1-2H3,(H,25,27)/t21-/m1/s1. The maximum atomic E-state index is 13.4. The van der Waals surface area contributed by atoms with Crippen LogP contribution in [0.4, 0.5) is 0 Å². The second kappa shape index (κ2) is 9.10. The van der Waals surface area contributed by atoms with E-state index in [4.69, 9.17) is 23.2 Å². The summed E-state index contributed by atoms with van der Waals surface area (Å²) in [5.74, 6) is -0.586. The average molecular weight is 467 g/mol. The van der Waals surface area contributed by atoms with Crippen LogP contribution in [-0.4, -0.2) is 31.2 Å². The zero-order valence-electron chi connectivity index (χ0n) is 16.9. The van der Waals surface area contributed by atoms with E-state index in [-0.39, 0.29) is 29.8 Å². The van der Waals surface area contributed by atoms with Gasteiger partial charge in [-0.1, -0.05) is 67.9 Å². The first kappa shape index (κ1) is 22.8. The Kier molecular flexibility index (Phi) is 6.92. The van der Waals surface area contributed by atoms with Crippen molar-refractivity contribution in [2.75, 3.05) is 6.54 Å². The number of carbonyl (C=O) groups is 1. The summed E-state index contributed by atoms with van der Waals surface area (Å²) in [4.78, 5) is 13.3. The molecule has 2 aromatic carbocycles. The molecule has 8 heteroatoms. The first-order chi connectivity index (χ1) is 14.1. The van der Waals surface area contributed by atoms with Crippen molar-refractivity contribution in [1.82, 2.24) is 9.62 Å². The average Bonchev–Trinajstić information content (AvgIpc) is 2.79. The van der Waals surface area contributed by atoms with Gasteiger partial charge in [-0.2, -0.15) is 4.31 Å². The Bertz CT molecular complexity index is 1080. The fraction of sp³-hybridized carbons (Fsp3) is 0.318. The Morgan fingerprint density at radius 2 is 1.87 bits per heavy atom. The zero-order chi connectivity index (χ0) is 22.1. The van der Waals surface area contributed by atoms with Gasteiger partial charge in [0.2, 0.25) is 15.9 Å². The van der Waals surface area contributed by atoms with Crippen LogP contribution in [0.2, 0.25) is 10.0 Å². The Morgan fingerprint density at radius 3 is 2.53 bits per heavy atom. The van der Waals surface area contributed by atoms with Gasteiger partial charge in [0.15, 0.2) is 0 Å². The molecule has 0 fully saturated rings. The molecule has 1 atom stereocenters. The van der Waals surface area contributed by atoms with Gasteiger partial charge in [0, 0.05) is 13.1 Å². The molecular weight excluding hydrogens is 443 g/mol. The van der Waals surface area contributed by atoms with Crippen molar-refractivity contribution in [1.29, 1.82) is 0 Å².